The Morgan fingerprint density at radius 2 is 1.85 bits per heavy atom. The quantitative estimate of drug-likeness (QED) is 0.413. The first-order chi connectivity index (χ1) is 16.0. The van der Waals surface area contributed by atoms with Gasteiger partial charge < -0.3 is 5.32 Å². The number of benzene rings is 1. The fourth-order valence-corrected chi connectivity index (χ4v) is 4.38. The fraction of sp³-hybridized carbons (Fsp3) is 0.360. The van der Waals surface area contributed by atoms with Crippen LogP contribution in [0.2, 0.25) is 0 Å². The van der Waals surface area contributed by atoms with Crippen molar-refractivity contribution >= 4 is 11.6 Å². The van der Waals surface area contributed by atoms with Crippen LogP contribution in [-0.2, 0) is 13.0 Å². The lowest BCUT2D eigenvalue weighted by Crippen LogP contribution is -2.20. The molecule has 33 heavy (non-hydrogen) atoms. The standard InChI is InChI=1S/C25H28FN7/c1-4-21-24(19-8-10-20(26)11-9-19)31-32(14-18-6-5-7-18)25(21)29-22-13-23(28-15-27-22)33-17(3)12-16(2)30-33/h8-13,15,18H,4-7,14H2,1-3H3,(H,27,28,29). The summed E-state index contributed by atoms with van der Waals surface area (Å²) in [5.41, 5.74) is 4.84. The van der Waals surface area contributed by atoms with Gasteiger partial charge in [-0.1, -0.05) is 13.3 Å². The van der Waals surface area contributed by atoms with E-state index in [1.54, 1.807) is 18.5 Å². The second-order valence-electron chi connectivity index (χ2n) is 8.74. The predicted molar refractivity (Wildman–Crippen MR) is 126 cm³/mol. The van der Waals surface area contributed by atoms with Crippen LogP contribution in [0, 0.1) is 25.6 Å². The first kappa shape index (κ1) is 21.3. The first-order valence-electron chi connectivity index (χ1n) is 11.5. The molecule has 0 radical (unpaired) electrons. The molecule has 1 aliphatic carbocycles. The number of halogens is 1. The molecule has 0 spiro atoms. The Hall–Kier alpha value is -3.55. The summed E-state index contributed by atoms with van der Waals surface area (Å²) in [5.74, 6) is 2.71. The molecule has 4 aromatic rings. The van der Waals surface area contributed by atoms with Gasteiger partial charge in [-0.3, -0.25) is 0 Å². The number of hydrogen-bond acceptors (Lipinski definition) is 5. The molecule has 0 amide bonds. The molecule has 1 aliphatic rings. The molecule has 5 rings (SSSR count). The van der Waals surface area contributed by atoms with Crippen LogP contribution in [0.3, 0.4) is 0 Å². The van der Waals surface area contributed by atoms with Crippen LogP contribution >= 0.6 is 0 Å². The van der Waals surface area contributed by atoms with Crippen LogP contribution in [0.5, 0.6) is 0 Å². The third-order valence-corrected chi connectivity index (χ3v) is 6.30. The zero-order valence-electron chi connectivity index (χ0n) is 19.2. The zero-order valence-corrected chi connectivity index (χ0v) is 19.2. The van der Waals surface area contributed by atoms with Gasteiger partial charge in [0.05, 0.1) is 11.4 Å². The van der Waals surface area contributed by atoms with E-state index in [2.05, 4.69) is 32.0 Å². The summed E-state index contributed by atoms with van der Waals surface area (Å²) in [6.07, 6.45) is 6.06. The molecular weight excluding hydrogens is 417 g/mol. The summed E-state index contributed by atoms with van der Waals surface area (Å²) in [7, 11) is 0. The normalized spacial score (nSPS) is 13.8. The van der Waals surface area contributed by atoms with Gasteiger partial charge in [0, 0.05) is 29.4 Å². The van der Waals surface area contributed by atoms with Gasteiger partial charge in [-0.2, -0.15) is 10.2 Å². The van der Waals surface area contributed by atoms with Crippen LogP contribution in [0.4, 0.5) is 16.0 Å². The predicted octanol–water partition coefficient (Wildman–Crippen LogP) is 5.39. The summed E-state index contributed by atoms with van der Waals surface area (Å²) in [6.45, 7) is 6.94. The van der Waals surface area contributed by atoms with E-state index in [1.807, 2.05) is 30.7 Å². The van der Waals surface area contributed by atoms with Gasteiger partial charge in [0.15, 0.2) is 5.82 Å². The monoisotopic (exact) mass is 445 g/mol. The van der Waals surface area contributed by atoms with E-state index in [-0.39, 0.29) is 5.82 Å². The molecule has 7 nitrogen and oxygen atoms in total. The molecule has 0 aliphatic heterocycles. The summed E-state index contributed by atoms with van der Waals surface area (Å²) in [4.78, 5) is 8.88. The Morgan fingerprint density at radius 1 is 1.06 bits per heavy atom. The molecule has 0 atom stereocenters. The van der Waals surface area contributed by atoms with E-state index in [0.29, 0.717) is 17.6 Å². The van der Waals surface area contributed by atoms with Gasteiger partial charge in [-0.05, 0) is 69.4 Å². The maximum absolute atomic E-state index is 13.5. The lowest BCUT2D eigenvalue weighted by Gasteiger charge is -2.26. The average Bonchev–Trinajstić information content (AvgIpc) is 3.30. The van der Waals surface area contributed by atoms with Crippen LogP contribution in [0.15, 0.2) is 42.7 Å². The van der Waals surface area contributed by atoms with Crippen molar-refractivity contribution in [3.63, 3.8) is 0 Å². The zero-order chi connectivity index (χ0) is 22.9. The lowest BCUT2D eigenvalue weighted by molar-refractivity contribution is 0.268. The van der Waals surface area contributed by atoms with Crippen molar-refractivity contribution in [3.8, 4) is 17.1 Å². The van der Waals surface area contributed by atoms with Crippen molar-refractivity contribution in [1.82, 2.24) is 29.5 Å². The minimum Gasteiger partial charge on any atom is -0.325 e. The van der Waals surface area contributed by atoms with Gasteiger partial charge in [-0.15, -0.1) is 0 Å². The Kier molecular flexibility index (Phi) is 5.66. The molecule has 3 aromatic heterocycles. The second kappa shape index (κ2) is 8.77. The van der Waals surface area contributed by atoms with E-state index < -0.39 is 0 Å². The number of aromatic nitrogens is 6. The number of nitrogens with one attached hydrogen (secondary N) is 1. The van der Waals surface area contributed by atoms with Crippen molar-refractivity contribution in [1.29, 1.82) is 0 Å². The van der Waals surface area contributed by atoms with Crippen LogP contribution < -0.4 is 5.32 Å². The summed E-state index contributed by atoms with van der Waals surface area (Å²) >= 11 is 0. The van der Waals surface area contributed by atoms with E-state index in [0.717, 1.165) is 47.0 Å². The van der Waals surface area contributed by atoms with Crippen LogP contribution in [0.1, 0.15) is 43.1 Å². The molecule has 1 fully saturated rings. The van der Waals surface area contributed by atoms with Crippen LogP contribution in [-0.4, -0.2) is 29.5 Å². The number of nitrogens with zero attached hydrogens (tertiary/aromatic N) is 6. The van der Waals surface area contributed by atoms with Crippen molar-refractivity contribution in [2.75, 3.05) is 5.32 Å². The number of aryl methyl sites for hydroxylation is 2. The molecule has 1 N–H and O–H groups in total. The van der Waals surface area contributed by atoms with Crippen molar-refractivity contribution in [2.45, 2.75) is 53.0 Å². The highest BCUT2D eigenvalue weighted by Gasteiger charge is 2.24. The molecule has 8 heteroatoms. The Balaban J connectivity index is 1.54. The molecular formula is C25H28FN7. The van der Waals surface area contributed by atoms with E-state index in [1.165, 1.54) is 31.4 Å². The van der Waals surface area contributed by atoms with Gasteiger partial charge in [0.2, 0.25) is 0 Å². The highest BCUT2D eigenvalue weighted by atomic mass is 19.1. The van der Waals surface area contributed by atoms with Crippen LogP contribution in [0.25, 0.3) is 17.1 Å². The van der Waals surface area contributed by atoms with E-state index >= 15 is 0 Å². The number of hydrogen-bond donors (Lipinski definition) is 1. The van der Waals surface area contributed by atoms with Gasteiger partial charge in [0.1, 0.15) is 23.8 Å². The number of rotatable bonds is 7. The van der Waals surface area contributed by atoms with Crippen molar-refractivity contribution in [2.24, 2.45) is 5.92 Å². The summed E-state index contributed by atoms with van der Waals surface area (Å²) in [5, 5.41) is 13.0. The fourth-order valence-electron chi connectivity index (χ4n) is 4.38. The molecule has 170 valence electrons. The average molecular weight is 446 g/mol. The second-order valence-corrected chi connectivity index (χ2v) is 8.74. The Labute approximate surface area is 192 Å². The Bertz CT molecular complexity index is 1270. The molecule has 0 bridgehead atoms. The molecule has 3 heterocycles. The molecule has 1 aromatic carbocycles. The maximum atomic E-state index is 13.5. The molecule has 1 saturated carbocycles. The lowest BCUT2D eigenvalue weighted by atomic mass is 9.85. The van der Waals surface area contributed by atoms with Gasteiger partial charge in [0.25, 0.3) is 0 Å². The van der Waals surface area contributed by atoms with Crippen molar-refractivity contribution in [3.05, 3.63) is 65.5 Å². The highest BCUT2D eigenvalue weighted by Crippen LogP contribution is 2.35. The van der Waals surface area contributed by atoms with E-state index in [9.17, 15) is 4.39 Å². The molecule has 0 saturated heterocycles. The minimum absolute atomic E-state index is 0.248. The first-order valence-corrected chi connectivity index (χ1v) is 11.5. The third-order valence-electron chi connectivity index (χ3n) is 6.30. The minimum atomic E-state index is -0.248. The van der Waals surface area contributed by atoms with Crippen molar-refractivity contribution < 1.29 is 4.39 Å². The summed E-state index contributed by atoms with van der Waals surface area (Å²) in [6, 6.07) is 10.5. The van der Waals surface area contributed by atoms with Gasteiger partial charge in [-0.25, -0.2) is 23.7 Å². The summed E-state index contributed by atoms with van der Waals surface area (Å²) < 4.78 is 17.4. The van der Waals surface area contributed by atoms with E-state index in [4.69, 9.17) is 5.10 Å². The maximum Gasteiger partial charge on any atom is 0.159 e. The highest BCUT2D eigenvalue weighted by molar-refractivity contribution is 5.72. The topological polar surface area (TPSA) is 73.5 Å². The third kappa shape index (κ3) is 4.25. The van der Waals surface area contributed by atoms with Gasteiger partial charge >= 0.3 is 0 Å². The smallest absolute Gasteiger partial charge is 0.159 e. The Morgan fingerprint density at radius 3 is 2.48 bits per heavy atom. The SMILES string of the molecule is CCc1c(-c2ccc(F)cc2)nn(CC2CCC2)c1Nc1cc(-n2nc(C)cc2C)ncn1. The largest absolute Gasteiger partial charge is 0.325 e. The molecule has 0 unspecified atom stereocenters. The number of anilines is 2.